The van der Waals surface area contributed by atoms with Gasteiger partial charge in [0.2, 0.25) is 11.8 Å². The Bertz CT molecular complexity index is 1380. The summed E-state index contributed by atoms with van der Waals surface area (Å²) < 4.78 is 17.6. The van der Waals surface area contributed by atoms with Gasteiger partial charge < -0.3 is 24.6 Å². The molecule has 3 heterocycles. The van der Waals surface area contributed by atoms with Gasteiger partial charge in [0.25, 0.3) is 0 Å². The number of methoxy groups -OCH3 is 3. The van der Waals surface area contributed by atoms with Crippen molar-refractivity contribution in [1.29, 1.82) is 0 Å². The van der Waals surface area contributed by atoms with Crippen LogP contribution in [0.25, 0.3) is 16.8 Å². The van der Waals surface area contributed by atoms with E-state index in [1.54, 1.807) is 43.3 Å². The Kier molecular flexibility index (Phi) is 6.54. The van der Waals surface area contributed by atoms with Gasteiger partial charge in [0.05, 0.1) is 32.7 Å². The number of rotatable bonds is 8. The predicted molar refractivity (Wildman–Crippen MR) is 130 cm³/mol. The molecule has 0 radical (unpaired) electrons. The average molecular weight is 476 g/mol. The second-order valence-corrected chi connectivity index (χ2v) is 7.62. The lowest BCUT2D eigenvalue weighted by Gasteiger charge is -2.17. The normalized spacial score (nSPS) is 10.7. The number of nitrogens with one attached hydrogen (secondary N) is 1. The molecular weight excluding hydrogens is 450 g/mol. The van der Waals surface area contributed by atoms with Gasteiger partial charge in [-0.3, -0.25) is 0 Å². The highest BCUT2D eigenvalue weighted by Gasteiger charge is 2.24. The van der Waals surface area contributed by atoms with Gasteiger partial charge in [-0.15, -0.1) is 0 Å². The largest absolute Gasteiger partial charge is 0.494 e. The molecule has 0 fully saturated rings. The number of carboxylic acids is 1. The summed E-state index contributed by atoms with van der Waals surface area (Å²) in [5, 5.41) is 17.9. The number of aromatic nitrogens is 4. The Hall–Kier alpha value is -4.60. The lowest BCUT2D eigenvalue weighted by atomic mass is 10.1. The van der Waals surface area contributed by atoms with Crippen molar-refractivity contribution in [3.63, 3.8) is 0 Å². The summed E-state index contributed by atoms with van der Waals surface area (Å²) in [4.78, 5) is 20.4. The van der Waals surface area contributed by atoms with Crippen molar-refractivity contribution in [2.75, 3.05) is 26.6 Å². The summed E-state index contributed by atoms with van der Waals surface area (Å²) in [6, 6.07) is 12.5. The van der Waals surface area contributed by atoms with Gasteiger partial charge in [-0.05, 0) is 37.6 Å². The fourth-order valence-corrected chi connectivity index (χ4v) is 3.81. The number of nitrogens with zero attached hydrogens (tertiary/aromatic N) is 4. The zero-order chi connectivity index (χ0) is 25.1. The number of anilines is 2. The molecule has 0 atom stereocenters. The van der Waals surface area contributed by atoms with Crippen LogP contribution in [0.2, 0.25) is 0 Å². The smallest absolute Gasteiger partial charge is 0.356 e. The fraction of sp³-hybridized carbons (Fsp3) is 0.200. The van der Waals surface area contributed by atoms with Crippen LogP contribution in [0, 0.1) is 13.8 Å². The maximum atomic E-state index is 12.0. The monoisotopic (exact) mass is 475 g/mol. The van der Waals surface area contributed by atoms with Crippen LogP contribution in [-0.2, 0) is 0 Å². The van der Waals surface area contributed by atoms with E-state index in [1.165, 1.54) is 7.11 Å². The maximum absolute atomic E-state index is 12.0. The van der Waals surface area contributed by atoms with Crippen LogP contribution in [0.1, 0.15) is 21.7 Å². The SMILES string of the molecule is COc1ccc(-c2c(C)nn(-c3c(C)cccc3OC)c2Nc2ccc(OC)nc2C(=O)O)cn1. The molecule has 180 valence electrons. The molecule has 0 aliphatic rings. The van der Waals surface area contributed by atoms with E-state index in [0.717, 1.165) is 16.7 Å². The number of hydrogen-bond donors (Lipinski definition) is 2. The number of aryl methyl sites for hydroxylation is 2. The standard InChI is InChI=1S/C25H25N5O5/c1-14-7-6-8-18(33-3)23(14)30-24(27-17-10-12-20(35-5)28-22(17)25(31)32)21(15(2)29-30)16-9-11-19(34-4)26-13-16/h6-13,27H,1-5H3,(H,31,32). The molecule has 0 aliphatic carbocycles. The first-order chi connectivity index (χ1) is 16.9. The summed E-state index contributed by atoms with van der Waals surface area (Å²) in [6.07, 6.45) is 1.68. The molecule has 1 aromatic carbocycles. The molecule has 4 rings (SSSR count). The molecule has 0 unspecified atom stereocenters. The van der Waals surface area contributed by atoms with Crippen molar-refractivity contribution >= 4 is 17.5 Å². The number of carbonyl (C=O) groups is 1. The van der Waals surface area contributed by atoms with Crippen molar-refractivity contribution in [3.05, 3.63) is 65.6 Å². The summed E-state index contributed by atoms with van der Waals surface area (Å²) in [5.74, 6) is 0.604. The quantitative estimate of drug-likeness (QED) is 0.382. The summed E-state index contributed by atoms with van der Waals surface area (Å²) in [7, 11) is 4.57. The molecule has 10 nitrogen and oxygen atoms in total. The van der Waals surface area contributed by atoms with Gasteiger partial charge in [0, 0.05) is 29.5 Å². The molecule has 10 heteroatoms. The highest BCUT2D eigenvalue weighted by Crippen LogP contribution is 2.39. The molecule has 3 aromatic heterocycles. The minimum Gasteiger partial charge on any atom is -0.494 e. The van der Waals surface area contributed by atoms with Gasteiger partial charge in [-0.2, -0.15) is 5.10 Å². The molecule has 35 heavy (non-hydrogen) atoms. The van der Waals surface area contributed by atoms with Crippen molar-refractivity contribution in [3.8, 4) is 34.3 Å². The van der Waals surface area contributed by atoms with Gasteiger partial charge in [-0.25, -0.2) is 19.4 Å². The number of aromatic carboxylic acids is 1. The van der Waals surface area contributed by atoms with Crippen LogP contribution in [0.3, 0.4) is 0 Å². The zero-order valence-corrected chi connectivity index (χ0v) is 20.0. The van der Waals surface area contributed by atoms with Crippen molar-refractivity contribution < 1.29 is 24.1 Å². The van der Waals surface area contributed by atoms with E-state index in [4.69, 9.17) is 19.3 Å². The van der Waals surface area contributed by atoms with Crippen LogP contribution in [0.15, 0.2) is 48.7 Å². The highest BCUT2D eigenvalue weighted by atomic mass is 16.5. The first-order valence-electron chi connectivity index (χ1n) is 10.7. The van der Waals surface area contributed by atoms with Crippen LogP contribution in [0.4, 0.5) is 11.5 Å². The number of benzene rings is 1. The third kappa shape index (κ3) is 4.45. The molecule has 0 aliphatic heterocycles. The number of hydrogen-bond acceptors (Lipinski definition) is 8. The van der Waals surface area contributed by atoms with E-state index < -0.39 is 5.97 Å². The van der Waals surface area contributed by atoms with Crippen LogP contribution < -0.4 is 19.5 Å². The van der Waals surface area contributed by atoms with Gasteiger partial charge in [0.1, 0.15) is 17.3 Å². The first-order valence-corrected chi connectivity index (χ1v) is 10.7. The predicted octanol–water partition coefficient (Wildman–Crippen LogP) is 4.41. The average Bonchev–Trinajstić information content (AvgIpc) is 3.18. The minimum atomic E-state index is -1.20. The Morgan fingerprint density at radius 2 is 1.71 bits per heavy atom. The molecular formula is C25H25N5O5. The van der Waals surface area contributed by atoms with E-state index in [0.29, 0.717) is 28.8 Å². The summed E-state index contributed by atoms with van der Waals surface area (Å²) >= 11 is 0. The lowest BCUT2D eigenvalue weighted by Crippen LogP contribution is -2.11. The molecule has 0 bridgehead atoms. The second kappa shape index (κ2) is 9.72. The van der Waals surface area contributed by atoms with E-state index in [2.05, 4.69) is 15.3 Å². The Morgan fingerprint density at radius 3 is 2.34 bits per heavy atom. The minimum absolute atomic E-state index is 0.190. The van der Waals surface area contributed by atoms with Gasteiger partial charge >= 0.3 is 5.97 Å². The van der Waals surface area contributed by atoms with Crippen molar-refractivity contribution in [2.24, 2.45) is 0 Å². The molecule has 0 saturated heterocycles. The van der Waals surface area contributed by atoms with Crippen molar-refractivity contribution in [2.45, 2.75) is 13.8 Å². The number of ether oxygens (including phenoxy) is 3. The lowest BCUT2D eigenvalue weighted by molar-refractivity contribution is 0.0690. The molecule has 2 N–H and O–H groups in total. The van der Waals surface area contributed by atoms with Crippen LogP contribution >= 0.6 is 0 Å². The maximum Gasteiger partial charge on any atom is 0.356 e. The summed E-state index contributed by atoms with van der Waals surface area (Å²) in [5.41, 5.74) is 3.91. The number of carboxylic acid groups (broad SMARTS) is 1. The van der Waals surface area contributed by atoms with E-state index in [1.807, 2.05) is 38.1 Å². The summed E-state index contributed by atoms with van der Waals surface area (Å²) in [6.45, 7) is 3.82. The Labute approximate surface area is 202 Å². The van der Waals surface area contributed by atoms with Gasteiger partial charge in [-0.1, -0.05) is 12.1 Å². The molecule has 4 aromatic rings. The number of para-hydroxylation sites is 1. The third-order valence-electron chi connectivity index (χ3n) is 5.46. The second-order valence-electron chi connectivity index (χ2n) is 7.62. The first kappa shape index (κ1) is 23.6. The van der Waals surface area contributed by atoms with E-state index in [-0.39, 0.29) is 17.3 Å². The zero-order valence-electron chi connectivity index (χ0n) is 20.0. The Morgan fingerprint density at radius 1 is 0.971 bits per heavy atom. The molecule has 0 spiro atoms. The fourth-order valence-electron chi connectivity index (χ4n) is 3.81. The van der Waals surface area contributed by atoms with Crippen LogP contribution in [0.5, 0.6) is 17.5 Å². The topological polar surface area (TPSA) is 121 Å². The highest BCUT2D eigenvalue weighted by molar-refractivity contribution is 5.94. The molecule has 0 amide bonds. The van der Waals surface area contributed by atoms with E-state index in [9.17, 15) is 9.90 Å². The van der Waals surface area contributed by atoms with E-state index >= 15 is 0 Å². The molecule has 0 saturated carbocycles. The van der Waals surface area contributed by atoms with Crippen molar-refractivity contribution in [1.82, 2.24) is 19.7 Å². The van der Waals surface area contributed by atoms with Gasteiger partial charge in [0.15, 0.2) is 5.69 Å². The van der Waals surface area contributed by atoms with Crippen LogP contribution in [-0.4, -0.2) is 52.2 Å². The third-order valence-corrected chi connectivity index (χ3v) is 5.46. The number of pyridine rings is 2. The Balaban J connectivity index is 1.98.